The van der Waals surface area contributed by atoms with Crippen LogP contribution in [0, 0.1) is 0 Å². The SMILES string of the molecule is CC1(C(=O)NCCCc2cc(=O)[nH][nH]2)Cc2ccccc2N1. The van der Waals surface area contributed by atoms with Gasteiger partial charge in [0.25, 0.3) is 5.56 Å². The van der Waals surface area contributed by atoms with Gasteiger partial charge in [-0.15, -0.1) is 0 Å². The van der Waals surface area contributed by atoms with Crippen molar-refractivity contribution >= 4 is 11.6 Å². The molecule has 4 N–H and O–H groups in total. The highest BCUT2D eigenvalue weighted by Gasteiger charge is 2.38. The second-order valence-electron chi connectivity index (χ2n) is 5.93. The molecule has 0 saturated carbocycles. The van der Waals surface area contributed by atoms with E-state index in [1.165, 1.54) is 11.6 Å². The van der Waals surface area contributed by atoms with Crippen LogP contribution in [0.5, 0.6) is 0 Å². The first-order valence-electron chi connectivity index (χ1n) is 7.48. The van der Waals surface area contributed by atoms with E-state index in [1.807, 2.05) is 31.2 Å². The van der Waals surface area contributed by atoms with Crippen molar-refractivity contribution in [1.29, 1.82) is 0 Å². The number of anilines is 1. The molecule has 2 heterocycles. The predicted molar refractivity (Wildman–Crippen MR) is 84.9 cm³/mol. The van der Waals surface area contributed by atoms with Gasteiger partial charge >= 0.3 is 0 Å². The van der Waals surface area contributed by atoms with Crippen molar-refractivity contribution in [1.82, 2.24) is 15.5 Å². The number of amides is 1. The van der Waals surface area contributed by atoms with Crippen molar-refractivity contribution in [3.05, 3.63) is 51.9 Å². The zero-order valence-electron chi connectivity index (χ0n) is 12.5. The van der Waals surface area contributed by atoms with Gasteiger partial charge < -0.3 is 15.7 Å². The zero-order valence-corrected chi connectivity index (χ0v) is 12.5. The lowest BCUT2D eigenvalue weighted by Gasteiger charge is -2.24. The lowest BCUT2D eigenvalue weighted by atomic mass is 9.96. The molecule has 0 radical (unpaired) electrons. The Balaban J connectivity index is 1.49. The van der Waals surface area contributed by atoms with Gasteiger partial charge in [-0.2, -0.15) is 0 Å². The van der Waals surface area contributed by atoms with Crippen LogP contribution >= 0.6 is 0 Å². The maximum absolute atomic E-state index is 12.4. The Kier molecular flexibility index (Phi) is 3.75. The highest BCUT2D eigenvalue weighted by atomic mass is 16.2. The standard InChI is InChI=1S/C16H20N4O2/c1-16(10-11-5-2-3-7-13(11)18-16)15(22)17-8-4-6-12-9-14(21)20-19-12/h2-3,5,7,9,18H,4,6,8,10H2,1H3,(H,17,22)(H2,19,20,21). The molecule has 1 aliphatic heterocycles. The molecular formula is C16H20N4O2. The number of rotatable bonds is 5. The van der Waals surface area contributed by atoms with Crippen LogP contribution in [-0.4, -0.2) is 28.2 Å². The van der Waals surface area contributed by atoms with Gasteiger partial charge in [0.2, 0.25) is 5.91 Å². The highest BCUT2D eigenvalue weighted by Crippen LogP contribution is 2.31. The van der Waals surface area contributed by atoms with Crippen LogP contribution in [0.4, 0.5) is 5.69 Å². The first-order chi connectivity index (χ1) is 10.6. The summed E-state index contributed by atoms with van der Waals surface area (Å²) in [5, 5.41) is 11.6. The van der Waals surface area contributed by atoms with Crippen molar-refractivity contribution in [3.63, 3.8) is 0 Å². The molecule has 6 heteroatoms. The lowest BCUT2D eigenvalue weighted by Crippen LogP contribution is -2.49. The molecule has 1 aromatic heterocycles. The van der Waals surface area contributed by atoms with Crippen LogP contribution in [0.1, 0.15) is 24.6 Å². The molecule has 1 aromatic carbocycles. The van der Waals surface area contributed by atoms with Gasteiger partial charge in [0.1, 0.15) is 5.54 Å². The fourth-order valence-corrected chi connectivity index (χ4v) is 2.84. The third-order valence-electron chi connectivity index (χ3n) is 4.03. The van der Waals surface area contributed by atoms with Gasteiger partial charge in [-0.05, 0) is 31.4 Å². The molecule has 0 saturated heterocycles. The van der Waals surface area contributed by atoms with Gasteiger partial charge in [-0.3, -0.25) is 14.7 Å². The maximum atomic E-state index is 12.4. The summed E-state index contributed by atoms with van der Waals surface area (Å²) in [5.41, 5.74) is 2.35. The average Bonchev–Trinajstić information content (AvgIpc) is 3.06. The van der Waals surface area contributed by atoms with E-state index in [4.69, 9.17) is 0 Å². The number of nitrogens with one attached hydrogen (secondary N) is 4. The quantitative estimate of drug-likeness (QED) is 0.625. The Morgan fingerprint density at radius 1 is 1.32 bits per heavy atom. The number of aromatic amines is 2. The number of hydrogen-bond donors (Lipinski definition) is 4. The van der Waals surface area contributed by atoms with Crippen LogP contribution in [0.25, 0.3) is 0 Å². The van der Waals surface area contributed by atoms with Gasteiger partial charge in [-0.1, -0.05) is 18.2 Å². The second kappa shape index (κ2) is 5.71. The van der Waals surface area contributed by atoms with Crippen LogP contribution in [-0.2, 0) is 17.6 Å². The van der Waals surface area contributed by atoms with Gasteiger partial charge in [0.15, 0.2) is 0 Å². The Labute approximate surface area is 128 Å². The maximum Gasteiger partial charge on any atom is 0.264 e. The molecule has 0 bridgehead atoms. The zero-order chi connectivity index (χ0) is 15.6. The number of aromatic nitrogens is 2. The summed E-state index contributed by atoms with van der Waals surface area (Å²) in [4.78, 5) is 23.4. The molecule has 2 aromatic rings. The summed E-state index contributed by atoms with van der Waals surface area (Å²) in [6.07, 6.45) is 2.20. The largest absolute Gasteiger partial charge is 0.371 e. The van der Waals surface area contributed by atoms with Crippen LogP contribution in [0.2, 0.25) is 0 Å². The molecule has 0 aliphatic carbocycles. The molecule has 22 heavy (non-hydrogen) atoms. The van der Waals surface area contributed by atoms with E-state index in [2.05, 4.69) is 20.8 Å². The first kappa shape index (κ1) is 14.4. The average molecular weight is 300 g/mol. The normalized spacial score (nSPS) is 19.5. The Bertz CT molecular complexity index is 706. The Morgan fingerprint density at radius 3 is 2.86 bits per heavy atom. The number of carbonyl (C=O) groups is 1. The molecule has 3 rings (SSSR count). The summed E-state index contributed by atoms with van der Waals surface area (Å²) in [7, 11) is 0. The molecule has 0 fully saturated rings. The van der Waals surface area contributed by atoms with Crippen LogP contribution < -0.4 is 16.2 Å². The minimum absolute atomic E-state index is 0.00580. The molecule has 1 atom stereocenters. The fourth-order valence-electron chi connectivity index (χ4n) is 2.84. The van der Waals surface area contributed by atoms with E-state index in [1.54, 1.807) is 0 Å². The minimum Gasteiger partial charge on any atom is -0.371 e. The Morgan fingerprint density at radius 2 is 2.14 bits per heavy atom. The van der Waals surface area contributed by atoms with Crippen LogP contribution in [0.15, 0.2) is 35.1 Å². The molecule has 0 spiro atoms. The molecule has 1 unspecified atom stereocenters. The van der Waals surface area contributed by atoms with Gasteiger partial charge in [0.05, 0.1) is 0 Å². The topological polar surface area (TPSA) is 89.8 Å². The summed E-state index contributed by atoms with van der Waals surface area (Å²) >= 11 is 0. The highest BCUT2D eigenvalue weighted by molar-refractivity contribution is 5.91. The fraction of sp³-hybridized carbons (Fsp3) is 0.375. The number of benzene rings is 1. The van der Waals surface area contributed by atoms with Gasteiger partial charge in [-0.25, -0.2) is 0 Å². The number of hydrogen-bond acceptors (Lipinski definition) is 3. The van der Waals surface area contributed by atoms with E-state index in [-0.39, 0.29) is 11.5 Å². The summed E-state index contributed by atoms with van der Waals surface area (Å²) in [5.74, 6) is 0.00580. The molecule has 6 nitrogen and oxygen atoms in total. The molecule has 116 valence electrons. The number of fused-ring (bicyclic) bond motifs is 1. The Hall–Kier alpha value is -2.50. The van der Waals surface area contributed by atoms with Crippen molar-refractivity contribution in [3.8, 4) is 0 Å². The minimum atomic E-state index is -0.591. The van der Waals surface area contributed by atoms with Crippen molar-refractivity contribution in [2.24, 2.45) is 0 Å². The summed E-state index contributed by atoms with van der Waals surface area (Å²) in [6.45, 7) is 2.51. The van der Waals surface area contributed by atoms with Crippen molar-refractivity contribution < 1.29 is 4.79 Å². The van der Waals surface area contributed by atoms with Crippen molar-refractivity contribution in [2.75, 3.05) is 11.9 Å². The summed E-state index contributed by atoms with van der Waals surface area (Å²) in [6, 6.07) is 9.53. The van der Waals surface area contributed by atoms with E-state index in [0.717, 1.165) is 24.2 Å². The number of H-pyrrole nitrogens is 2. The monoisotopic (exact) mass is 300 g/mol. The van der Waals surface area contributed by atoms with E-state index in [0.29, 0.717) is 13.0 Å². The van der Waals surface area contributed by atoms with E-state index >= 15 is 0 Å². The summed E-state index contributed by atoms with van der Waals surface area (Å²) < 4.78 is 0. The second-order valence-corrected chi connectivity index (χ2v) is 5.93. The number of carbonyl (C=O) groups excluding carboxylic acids is 1. The van der Waals surface area contributed by atoms with Crippen molar-refractivity contribution in [2.45, 2.75) is 31.7 Å². The first-order valence-corrected chi connectivity index (χ1v) is 7.48. The number of para-hydroxylation sites is 1. The van der Waals surface area contributed by atoms with E-state index < -0.39 is 5.54 Å². The third kappa shape index (κ3) is 2.90. The predicted octanol–water partition coefficient (Wildman–Crippen LogP) is 1.18. The van der Waals surface area contributed by atoms with E-state index in [9.17, 15) is 9.59 Å². The van der Waals surface area contributed by atoms with Crippen LogP contribution in [0.3, 0.4) is 0 Å². The molecular weight excluding hydrogens is 280 g/mol. The third-order valence-corrected chi connectivity index (χ3v) is 4.03. The number of aryl methyl sites for hydroxylation is 1. The molecule has 1 aliphatic rings. The lowest BCUT2D eigenvalue weighted by molar-refractivity contribution is -0.124. The molecule has 1 amide bonds. The van der Waals surface area contributed by atoms with Gasteiger partial charge in [0, 0.05) is 30.4 Å². The smallest absolute Gasteiger partial charge is 0.264 e.